The predicted octanol–water partition coefficient (Wildman–Crippen LogP) is 1.54. The van der Waals surface area contributed by atoms with Crippen LogP contribution in [0.5, 0.6) is 5.75 Å². The highest BCUT2D eigenvalue weighted by atomic mass is 16.3. The second-order valence-electron chi connectivity index (χ2n) is 2.54. The average molecular weight is 163 g/mol. The van der Waals surface area contributed by atoms with Gasteiger partial charge in [0.2, 0.25) is 6.08 Å². The van der Waals surface area contributed by atoms with Gasteiger partial charge in [0.1, 0.15) is 5.75 Å². The maximum absolute atomic E-state index is 9.80. The van der Waals surface area contributed by atoms with Crippen LogP contribution in [0.2, 0.25) is 0 Å². The molecule has 3 nitrogen and oxygen atoms in total. The van der Waals surface area contributed by atoms with Crippen LogP contribution in [0.25, 0.3) is 0 Å². The van der Waals surface area contributed by atoms with E-state index in [1.165, 1.54) is 6.08 Å². The van der Waals surface area contributed by atoms with E-state index >= 15 is 0 Å². The number of phenolic OH excluding ortho intramolecular Hbond substituents is 1. The van der Waals surface area contributed by atoms with Crippen LogP contribution in [0, 0.1) is 6.92 Å². The molecule has 0 aliphatic rings. The summed E-state index contributed by atoms with van der Waals surface area (Å²) >= 11 is 0. The number of benzene rings is 1. The Labute approximate surface area is 70.4 Å². The Hall–Kier alpha value is -1.60. The number of isocyanates is 1. The molecule has 1 rings (SSSR count). The Kier molecular flexibility index (Phi) is 2.62. The Bertz CT molecular complexity index is 327. The largest absolute Gasteiger partial charge is 0.508 e. The third-order valence-electron chi connectivity index (χ3n) is 1.55. The zero-order valence-electron chi connectivity index (χ0n) is 6.74. The summed E-state index contributed by atoms with van der Waals surface area (Å²) in [6, 6.07) is 5.17. The van der Waals surface area contributed by atoms with Crippen molar-refractivity contribution in [1.82, 2.24) is 0 Å². The lowest BCUT2D eigenvalue weighted by Crippen LogP contribution is -1.83. The second-order valence-corrected chi connectivity index (χ2v) is 2.54. The Morgan fingerprint density at radius 1 is 1.58 bits per heavy atom. The van der Waals surface area contributed by atoms with E-state index in [0.29, 0.717) is 5.56 Å². The van der Waals surface area contributed by atoms with Crippen LogP contribution in [-0.4, -0.2) is 11.2 Å². The van der Waals surface area contributed by atoms with E-state index in [9.17, 15) is 9.90 Å². The van der Waals surface area contributed by atoms with Gasteiger partial charge in [-0.1, -0.05) is 17.7 Å². The van der Waals surface area contributed by atoms with E-state index in [1.807, 2.05) is 6.92 Å². The molecule has 0 aromatic heterocycles. The summed E-state index contributed by atoms with van der Waals surface area (Å²) in [6.07, 6.45) is 1.43. The number of rotatable bonds is 2. The van der Waals surface area contributed by atoms with Gasteiger partial charge >= 0.3 is 0 Å². The van der Waals surface area contributed by atoms with Gasteiger partial charge in [0.05, 0.1) is 6.54 Å². The van der Waals surface area contributed by atoms with Crippen LogP contribution in [-0.2, 0) is 11.3 Å². The van der Waals surface area contributed by atoms with Crippen molar-refractivity contribution in [3.8, 4) is 5.75 Å². The van der Waals surface area contributed by atoms with Gasteiger partial charge in [-0.15, -0.1) is 0 Å². The number of aryl methyl sites for hydroxylation is 1. The second kappa shape index (κ2) is 3.69. The molecular weight excluding hydrogens is 154 g/mol. The van der Waals surface area contributed by atoms with Crippen LogP contribution >= 0.6 is 0 Å². The third-order valence-corrected chi connectivity index (χ3v) is 1.55. The smallest absolute Gasteiger partial charge is 0.235 e. The molecule has 0 saturated heterocycles. The summed E-state index contributed by atoms with van der Waals surface area (Å²) < 4.78 is 0. The monoisotopic (exact) mass is 163 g/mol. The van der Waals surface area contributed by atoms with E-state index in [1.54, 1.807) is 18.2 Å². The van der Waals surface area contributed by atoms with Crippen LogP contribution in [0.1, 0.15) is 11.1 Å². The molecule has 0 bridgehead atoms. The number of nitrogens with zero attached hydrogens (tertiary/aromatic N) is 1. The molecule has 0 saturated carbocycles. The van der Waals surface area contributed by atoms with Crippen molar-refractivity contribution < 1.29 is 9.90 Å². The molecule has 1 N–H and O–H groups in total. The van der Waals surface area contributed by atoms with Gasteiger partial charge in [-0.25, -0.2) is 9.79 Å². The van der Waals surface area contributed by atoms with Gasteiger partial charge in [0.25, 0.3) is 0 Å². The van der Waals surface area contributed by atoms with E-state index in [0.717, 1.165) is 5.56 Å². The van der Waals surface area contributed by atoms with E-state index < -0.39 is 0 Å². The number of hydrogen-bond donors (Lipinski definition) is 1. The van der Waals surface area contributed by atoms with Gasteiger partial charge in [0, 0.05) is 5.56 Å². The van der Waals surface area contributed by atoms with Gasteiger partial charge < -0.3 is 5.11 Å². The molecular formula is C9H9NO2. The molecule has 1 aromatic carbocycles. The standard InChI is InChI=1S/C9H9NO2/c1-7-2-3-9(12)8(4-7)5-10-6-11/h2-4,12H,5H2,1H3. The molecule has 12 heavy (non-hydrogen) atoms. The van der Waals surface area contributed by atoms with Crippen LogP contribution in [0.15, 0.2) is 23.2 Å². The quantitative estimate of drug-likeness (QED) is 0.531. The number of aromatic hydroxyl groups is 1. The van der Waals surface area contributed by atoms with Crippen molar-refractivity contribution in [1.29, 1.82) is 0 Å². The molecule has 0 radical (unpaired) electrons. The third kappa shape index (κ3) is 1.94. The topological polar surface area (TPSA) is 49.7 Å². The maximum atomic E-state index is 9.80. The molecule has 0 amide bonds. The Morgan fingerprint density at radius 3 is 3.00 bits per heavy atom. The van der Waals surface area contributed by atoms with Crippen molar-refractivity contribution >= 4 is 6.08 Å². The van der Waals surface area contributed by atoms with Crippen molar-refractivity contribution in [3.63, 3.8) is 0 Å². The fourth-order valence-electron chi connectivity index (χ4n) is 0.958. The number of aliphatic imine (C=N–C) groups is 1. The first-order chi connectivity index (χ1) is 5.74. The summed E-state index contributed by atoms with van der Waals surface area (Å²) in [4.78, 5) is 13.2. The minimum Gasteiger partial charge on any atom is -0.508 e. The first-order valence-corrected chi connectivity index (χ1v) is 3.56. The molecule has 0 atom stereocenters. The molecule has 0 spiro atoms. The van der Waals surface area contributed by atoms with Gasteiger partial charge in [-0.2, -0.15) is 0 Å². The van der Waals surface area contributed by atoms with Crippen LogP contribution in [0.3, 0.4) is 0 Å². The zero-order valence-corrected chi connectivity index (χ0v) is 6.74. The number of hydrogen-bond acceptors (Lipinski definition) is 3. The molecule has 3 heteroatoms. The molecule has 0 unspecified atom stereocenters. The average Bonchev–Trinajstić information content (AvgIpc) is 2.07. The van der Waals surface area contributed by atoms with Gasteiger partial charge in [-0.3, -0.25) is 0 Å². The van der Waals surface area contributed by atoms with E-state index in [-0.39, 0.29) is 12.3 Å². The summed E-state index contributed by atoms with van der Waals surface area (Å²) in [5.74, 6) is 0.166. The highest BCUT2D eigenvalue weighted by Gasteiger charge is 1.98. The van der Waals surface area contributed by atoms with Crippen molar-refractivity contribution in [3.05, 3.63) is 29.3 Å². The summed E-state index contributed by atoms with van der Waals surface area (Å²) in [5.41, 5.74) is 1.68. The van der Waals surface area contributed by atoms with Crippen LogP contribution < -0.4 is 0 Å². The molecule has 62 valence electrons. The Morgan fingerprint density at radius 2 is 2.33 bits per heavy atom. The molecule has 0 heterocycles. The minimum atomic E-state index is 0.166. The highest BCUT2D eigenvalue weighted by Crippen LogP contribution is 2.18. The lowest BCUT2D eigenvalue weighted by Gasteiger charge is -2.00. The van der Waals surface area contributed by atoms with Gasteiger partial charge in [-0.05, 0) is 13.0 Å². The SMILES string of the molecule is Cc1ccc(O)c(CN=C=O)c1. The Balaban J connectivity index is 2.96. The normalized spacial score (nSPS) is 9.08. The minimum absolute atomic E-state index is 0.166. The number of carbonyl (C=O) groups excluding carboxylic acids is 1. The summed E-state index contributed by atoms with van der Waals surface area (Å²) in [6.45, 7) is 2.10. The lowest BCUT2D eigenvalue weighted by atomic mass is 10.1. The van der Waals surface area contributed by atoms with E-state index in [2.05, 4.69) is 4.99 Å². The fraction of sp³-hybridized carbons (Fsp3) is 0.222. The highest BCUT2D eigenvalue weighted by molar-refractivity contribution is 5.38. The number of phenols is 1. The fourth-order valence-corrected chi connectivity index (χ4v) is 0.958. The van der Waals surface area contributed by atoms with Crippen molar-refractivity contribution in [2.75, 3.05) is 0 Å². The van der Waals surface area contributed by atoms with E-state index in [4.69, 9.17) is 0 Å². The van der Waals surface area contributed by atoms with Crippen molar-refractivity contribution in [2.45, 2.75) is 13.5 Å². The van der Waals surface area contributed by atoms with Gasteiger partial charge in [0.15, 0.2) is 0 Å². The lowest BCUT2D eigenvalue weighted by molar-refractivity contribution is 0.468. The molecule has 0 fully saturated rings. The molecule has 0 aliphatic heterocycles. The van der Waals surface area contributed by atoms with Crippen molar-refractivity contribution in [2.24, 2.45) is 4.99 Å². The summed E-state index contributed by atoms with van der Waals surface area (Å²) in [5, 5.41) is 9.27. The molecule has 0 aliphatic carbocycles. The summed E-state index contributed by atoms with van der Waals surface area (Å²) in [7, 11) is 0. The van der Waals surface area contributed by atoms with Crippen LogP contribution in [0.4, 0.5) is 0 Å². The molecule has 1 aromatic rings. The first-order valence-electron chi connectivity index (χ1n) is 3.56. The predicted molar refractivity (Wildman–Crippen MR) is 44.7 cm³/mol. The maximum Gasteiger partial charge on any atom is 0.235 e. The first kappa shape index (κ1) is 8.50. The zero-order chi connectivity index (χ0) is 8.97.